The summed E-state index contributed by atoms with van der Waals surface area (Å²) in [5, 5.41) is 13.6. The smallest absolute Gasteiger partial charge is 0.321 e. The zero-order valence-corrected chi connectivity index (χ0v) is 9.59. The van der Waals surface area contributed by atoms with E-state index in [0.717, 1.165) is 15.7 Å². The molecule has 1 aliphatic heterocycles. The number of anilines is 1. The lowest BCUT2D eigenvalue weighted by Crippen LogP contribution is -2.30. The summed E-state index contributed by atoms with van der Waals surface area (Å²) < 4.78 is 0.798. The van der Waals surface area contributed by atoms with E-state index in [0.29, 0.717) is 5.69 Å². The van der Waals surface area contributed by atoms with Gasteiger partial charge in [0.15, 0.2) is 5.92 Å². The first-order valence-electron chi connectivity index (χ1n) is 4.46. The first-order valence-corrected chi connectivity index (χ1v) is 5.25. The van der Waals surface area contributed by atoms with Crippen molar-refractivity contribution in [3.63, 3.8) is 0 Å². The predicted molar refractivity (Wildman–Crippen MR) is 61.2 cm³/mol. The minimum absolute atomic E-state index is 0.541. The van der Waals surface area contributed by atoms with Gasteiger partial charge in [0.1, 0.15) is 0 Å². The summed E-state index contributed by atoms with van der Waals surface area (Å²) in [5.74, 6) is -2.92. The summed E-state index contributed by atoms with van der Waals surface area (Å²) >= 11 is 3.27. The highest BCUT2D eigenvalue weighted by Crippen LogP contribution is 2.24. The number of carboxylic acid groups (broad SMARTS) is 1. The van der Waals surface area contributed by atoms with Gasteiger partial charge in [-0.1, -0.05) is 22.0 Å². The van der Waals surface area contributed by atoms with Crippen LogP contribution in [0.5, 0.6) is 0 Å². The topological polar surface area (TPSA) is 70.0 Å². The second-order valence-corrected chi connectivity index (χ2v) is 4.13. The SMILES string of the molecule is O=C(O)C1C=NN(c2cccc(Br)c2)C1=O. The van der Waals surface area contributed by atoms with Crippen molar-refractivity contribution in [1.29, 1.82) is 0 Å². The number of aliphatic carboxylic acids is 1. The van der Waals surface area contributed by atoms with Gasteiger partial charge < -0.3 is 5.11 Å². The second kappa shape index (κ2) is 4.05. The van der Waals surface area contributed by atoms with Gasteiger partial charge >= 0.3 is 5.97 Å². The third-order valence-corrected chi connectivity index (χ3v) is 2.62. The zero-order chi connectivity index (χ0) is 11.7. The Morgan fingerprint density at radius 3 is 2.81 bits per heavy atom. The lowest BCUT2D eigenvalue weighted by Gasteiger charge is -2.12. The van der Waals surface area contributed by atoms with Gasteiger partial charge in [-0.05, 0) is 18.2 Å². The monoisotopic (exact) mass is 282 g/mol. The Labute approximate surface area is 99.5 Å². The molecule has 1 heterocycles. The Kier molecular flexibility index (Phi) is 2.74. The van der Waals surface area contributed by atoms with Gasteiger partial charge in [0.25, 0.3) is 5.91 Å². The van der Waals surface area contributed by atoms with E-state index >= 15 is 0 Å². The first-order chi connectivity index (χ1) is 7.59. The van der Waals surface area contributed by atoms with E-state index in [1.54, 1.807) is 18.2 Å². The Bertz CT molecular complexity index is 487. The summed E-state index contributed by atoms with van der Waals surface area (Å²) in [4.78, 5) is 22.4. The molecule has 0 saturated heterocycles. The normalized spacial score (nSPS) is 19.2. The Morgan fingerprint density at radius 1 is 1.50 bits per heavy atom. The van der Waals surface area contributed by atoms with Gasteiger partial charge in [-0.2, -0.15) is 10.1 Å². The zero-order valence-electron chi connectivity index (χ0n) is 8.00. The van der Waals surface area contributed by atoms with Crippen LogP contribution in [0.1, 0.15) is 0 Å². The maximum atomic E-state index is 11.7. The van der Waals surface area contributed by atoms with Gasteiger partial charge in [-0.3, -0.25) is 9.59 Å². The molecule has 0 saturated carbocycles. The van der Waals surface area contributed by atoms with Crippen LogP contribution in [0, 0.1) is 5.92 Å². The summed E-state index contributed by atoms with van der Waals surface area (Å²) in [7, 11) is 0. The van der Waals surface area contributed by atoms with Crippen LogP contribution in [-0.2, 0) is 9.59 Å². The van der Waals surface area contributed by atoms with Gasteiger partial charge in [0.2, 0.25) is 0 Å². The summed E-state index contributed by atoms with van der Waals surface area (Å²) in [6.07, 6.45) is 1.13. The molecule has 1 atom stereocenters. The summed E-state index contributed by atoms with van der Waals surface area (Å²) in [6, 6.07) is 6.93. The fraction of sp³-hybridized carbons (Fsp3) is 0.100. The van der Waals surface area contributed by atoms with Crippen LogP contribution in [0.15, 0.2) is 33.8 Å². The Morgan fingerprint density at radius 2 is 2.25 bits per heavy atom. The average Bonchev–Trinajstić information content (AvgIpc) is 2.60. The largest absolute Gasteiger partial charge is 0.480 e. The molecule has 2 rings (SSSR count). The number of nitrogens with zero attached hydrogens (tertiary/aromatic N) is 2. The number of carbonyl (C=O) groups excluding carboxylic acids is 1. The third kappa shape index (κ3) is 1.83. The molecule has 16 heavy (non-hydrogen) atoms. The average molecular weight is 283 g/mol. The van der Waals surface area contributed by atoms with Crippen LogP contribution in [0.25, 0.3) is 0 Å². The van der Waals surface area contributed by atoms with E-state index in [1.807, 2.05) is 6.07 Å². The highest BCUT2D eigenvalue weighted by Gasteiger charge is 2.35. The molecule has 1 aromatic rings. The van der Waals surface area contributed by atoms with Crippen molar-refractivity contribution in [3.8, 4) is 0 Å². The molecule has 5 nitrogen and oxygen atoms in total. The molecule has 0 bridgehead atoms. The van der Waals surface area contributed by atoms with Crippen LogP contribution >= 0.6 is 15.9 Å². The number of hydrogen-bond donors (Lipinski definition) is 1. The molecule has 82 valence electrons. The fourth-order valence-corrected chi connectivity index (χ4v) is 1.74. The van der Waals surface area contributed by atoms with Crippen molar-refractivity contribution in [2.24, 2.45) is 11.0 Å². The maximum absolute atomic E-state index is 11.7. The van der Waals surface area contributed by atoms with Crippen LogP contribution in [0.4, 0.5) is 5.69 Å². The molecule has 0 aromatic heterocycles. The molecule has 1 aliphatic rings. The lowest BCUT2D eigenvalue weighted by atomic mass is 10.1. The molecule has 0 fully saturated rings. The summed E-state index contributed by atoms with van der Waals surface area (Å²) in [5.41, 5.74) is 0.541. The Hall–Kier alpha value is -1.69. The molecular weight excluding hydrogens is 276 g/mol. The van der Waals surface area contributed by atoms with Crippen LogP contribution in [-0.4, -0.2) is 23.2 Å². The number of hydrazone groups is 1. The van der Waals surface area contributed by atoms with E-state index in [9.17, 15) is 9.59 Å². The number of rotatable bonds is 2. The van der Waals surface area contributed by atoms with Gasteiger partial charge in [-0.25, -0.2) is 0 Å². The fourth-order valence-electron chi connectivity index (χ4n) is 1.36. The minimum atomic E-state index is -1.19. The molecule has 1 aromatic carbocycles. The molecule has 1 N–H and O–H groups in total. The molecule has 0 radical (unpaired) electrons. The first kappa shape index (κ1) is 10.8. The quantitative estimate of drug-likeness (QED) is 0.836. The molecule has 6 heteroatoms. The van der Waals surface area contributed by atoms with Crippen molar-refractivity contribution in [2.75, 3.05) is 5.01 Å². The van der Waals surface area contributed by atoms with Gasteiger partial charge in [0.05, 0.1) is 5.69 Å². The predicted octanol–water partition coefficient (Wildman–Crippen LogP) is 1.48. The number of carboxylic acids is 1. The van der Waals surface area contributed by atoms with Crippen molar-refractivity contribution < 1.29 is 14.7 Å². The van der Waals surface area contributed by atoms with Crippen molar-refractivity contribution in [2.45, 2.75) is 0 Å². The third-order valence-electron chi connectivity index (χ3n) is 2.12. The molecular formula is C10H7BrN2O3. The Balaban J connectivity index is 2.29. The second-order valence-electron chi connectivity index (χ2n) is 3.21. The van der Waals surface area contributed by atoms with Gasteiger partial charge in [-0.15, -0.1) is 0 Å². The minimum Gasteiger partial charge on any atom is -0.480 e. The standard InChI is InChI=1S/C10H7BrN2O3/c11-6-2-1-3-7(4-6)13-9(14)8(5-12-13)10(15)16/h1-5,8H,(H,15,16). The highest BCUT2D eigenvalue weighted by molar-refractivity contribution is 9.10. The lowest BCUT2D eigenvalue weighted by molar-refractivity contribution is -0.142. The number of amides is 1. The van der Waals surface area contributed by atoms with E-state index in [-0.39, 0.29) is 0 Å². The highest BCUT2D eigenvalue weighted by atomic mass is 79.9. The number of hydrogen-bond acceptors (Lipinski definition) is 3. The molecule has 1 amide bonds. The van der Waals surface area contributed by atoms with E-state index in [1.165, 1.54) is 0 Å². The number of carbonyl (C=O) groups is 2. The maximum Gasteiger partial charge on any atom is 0.321 e. The van der Waals surface area contributed by atoms with Crippen molar-refractivity contribution in [3.05, 3.63) is 28.7 Å². The van der Waals surface area contributed by atoms with E-state index in [2.05, 4.69) is 21.0 Å². The van der Waals surface area contributed by atoms with Crippen LogP contribution < -0.4 is 5.01 Å². The van der Waals surface area contributed by atoms with Crippen LogP contribution in [0.2, 0.25) is 0 Å². The van der Waals surface area contributed by atoms with Gasteiger partial charge in [0, 0.05) is 10.7 Å². The van der Waals surface area contributed by atoms with Crippen molar-refractivity contribution >= 4 is 39.7 Å². The number of benzene rings is 1. The number of halogens is 1. The van der Waals surface area contributed by atoms with E-state index < -0.39 is 17.8 Å². The van der Waals surface area contributed by atoms with E-state index in [4.69, 9.17) is 5.11 Å². The molecule has 0 spiro atoms. The molecule has 1 unspecified atom stereocenters. The summed E-state index contributed by atoms with van der Waals surface area (Å²) in [6.45, 7) is 0. The molecule has 0 aliphatic carbocycles. The van der Waals surface area contributed by atoms with Crippen molar-refractivity contribution in [1.82, 2.24) is 0 Å². The van der Waals surface area contributed by atoms with Crippen LogP contribution in [0.3, 0.4) is 0 Å².